The SMILES string of the molecule is CC(C)n1cc(C(=O)O)c(=O)c2c(N)c(F)c(N[C@H]3C[C@@H](N[C@@H]4C[C@H]4c4ccccc4)C3)cc21. The second kappa shape index (κ2) is 8.43. The molecule has 0 unspecified atom stereocenters. The topological polar surface area (TPSA) is 109 Å². The number of nitrogens with zero attached hydrogens (tertiary/aromatic N) is 1. The highest BCUT2D eigenvalue weighted by Gasteiger charge is 2.42. The molecule has 8 heteroatoms. The lowest BCUT2D eigenvalue weighted by Gasteiger charge is -2.37. The van der Waals surface area contributed by atoms with Gasteiger partial charge >= 0.3 is 5.97 Å². The van der Waals surface area contributed by atoms with Crippen molar-refractivity contribution in [1.82, 2.24) is 9.88 Å². The van der Waals surface area contributed by atoms with Gasteiger partial charge in [-0.15, -0.1) is 0 Å². The van der Waals surface area contributed by atoms with E-state index in [4.69, 9.17) is 5.73 Å². The molecule has 1 heterocycles. The van der Waals surface area contributed by atoms with Gasteiger partial charge in [0.2, 0.25) is 5.43 Å². The van der Waals surface area contributed by atoms with Crippen molar-refractivity contribution in [3.63, 3.8) is 0 Å². The van der Waals surface area contributed by atoms with Gasteiger partial charge in [0.1, 0.15) is 5.56 Å². The summed E-state index contributed by atoms with van der Waals surface area (Å²) in [5.41, 5.74) is 6.54. The number of hydrogen-bond acceptors (Lipinski definition) is 5. The van der Waals surface area contributed by atoms with Gasteiger partial charge in [0.05, 0.1) is 22.3 Å². The molecule has 0 spiro atoms. The van der Waals surface area contributed by atoms with E-state index >= 15 is 4.39 Å². The first-order valence-corrected chi connectivity index (χ1v) is 11.7. The summed E-state index contributed by atoms with van der Waals surface area (Å²) in [6, 6.07) is 12.9. The zero-order valence-corrected chi connectivity index (χ0v) is 19.2. The van der Waals surface area contributed by atoms with E-state index in [0.29, 0.717) is 23.5 Å². The van der Waals surface area contributed by atoms with Crippen LogP contribution in [0.25, 0.3) is 10.9 Å². The molecule has 2 aromatic carbocycles. The molecule has 0 aliphatic heterocycles. The molecule has 0 amide bonds. The molecule has 2 saturated carbocycles. The van der Waals surface area contributed by atoms with E-state index in [1.165, 1.54) is 11.8 Å². The summed E-state index contributed by atoms with van der Waals surface area (Å²) in [6.07, 6.45) is 4.18. The summed E-state index contributed by atoms with van der Waals surface area (Å²) in [6.45, 7) is 3.73. The number of anilines is 2. The molecular formula is C26H29FN4O3. The number of fused-ring (bicyclic) bond motifs is 1. The number of pyridine rings is 1. The number of halogens is 1. The van der Waals surface area contributed by atoms with Gasteiger partial charge in [-0.2, -0.15) is 0 Å². The van der Waals surface area contributed by atoms with E-state index in [9.17, 15) is 14.7 Å². The van der Waals surface area contributed by atoms with Crippen molar-refractivity contribution in [1.29, 1.82) is 0 Å². The van der Waals surface area contributed by atoms with E-state index in [2.05, 4.69) is 34.9 Å². The maximum Gasteiger partial charge on any atom is 0.341 e. The number of nitrogens with two attached hydrogens (primary N) is 1. The molecule has 2 aliphatic carbocycles. The van der Waals surface area contributed by atoms with E-state index in [-0.39, 0.29) is 28.8 Å². The Morgan fingerprint density at radius 3 is 2.53 bits per heavy atom. The number of carbonyl (C=O) groups is 1. The van der Waals surface area contributed by atoms with Crippen molar-refractivity contribution in [2.75, 3.05) is 11.1 Å². The van der Waals surface area contributed by atoms with Crippen LogP contribution in [0.1, 0.15) is 61.0 Å². The smallest absolute Gasteiger partial charge is 0.341 e. The Bertz CT molecular complexity index is 1320. The summed E-state index contributed by atoms with van der Waals surface area (Å²) >= 11 is 0. The minimum absolute atomic E-state index is 0.0921. The number of nitrogen functional groups attached to an aromatic ring is 1. The summed E-state index contributed by atoms with van der Waals surface area (Å²) in [5, 5.41) is 16.3. The molecule has 0 saturated heterocycles. The number of hydrogen-bond donors (Lipinski definition) is 4. The van der Waals surface area contributed by atoms with Crippen LogP contribution in [0.4, 0.5) is 15.8 Å². The van der Waals surface area contributed by atoms with Crippen LogP contribution in [0.15, 0.2) is 47.4 Å². The predicted molar refractivity (Wildman–Crippen MR) is 131 cm³/mol. The highest BCUT2D eigenvalue weighted by Crippen LogP contribution is 2.42. The quantitative estimate of drug-likeness (QED) is 0.392. The van der Waals surface area contributed by atoms with Crippen LogP contribution < -0.4 is 21.8 Å². The summed E-state index contributed by atoms with van der Waals surface area (Å²) in [4.78, 5) is 24.3. The third-order valence-electron chi connectivity index (χ3n) is 7.05. The molecule has 5 N–H and O–H groups in total. The number of rotatable bonds is 7. The second-order valence-corrected chi connectivity index (χ2v) is 9.76. The molecule has 0 radical (unpaired) electrons. The fraction of sp³-hybridized carbons (Fsp3) is 0.385. The Kier molecular flexibility index (Phi) is 5.56. The van der Waals surface area contributed by atoms with Gasteiger partial charge in [0, 0.05) is 36.3 Å². The molecular weight excluding hydrogens is 435 g/mol. The van der Waals surface area contributed by atoms with Crippen molar-refractivity contribution in [2.45, 2.75) is 63.2 Å². The molecule has 2 fully saturated rings. The summed E-state index contributed by atoms with van der Waals surface area (Å²) < 4.78 is 16.8. The van der Waals surface area contributed by atoms with Crippen molar-refractivity contribution in [2.24, 2.45) is 0 Å². The minimum Gasteiger partial charge on any atom is -0.477 e. The van der Waals surface area contributed by atoms with E-state index < -0.39 is 22.8 Å². The average Bonchev–Trinajstić information content (AvgIpc) is 3.55. The lowest BCUT2D eigenvalue weighted by atomic mass is 9.86. The number of carboxylic acid groups (broad SMARTS) is 1. The molecule has 178 valence electrons. The highest BCUT2D eigenvalue weighted by molar-refractivity contribution is 5.99. The first-order chi connectivity index (χ1) is 16.2. The van der Waals surface area contributed by atoms with Gasteiger partial charge < -0.3 is 26.0 Å². The molecule has 3 aromatic rings. The molecule has 0 bridgehead atoms. The Morgan fingerprint density at radius 2 is 1.88 bits per heavy atom. The maximum absolute atomic E-state index is 15.2. The average molecular weight is 465 g/mol. The van der Waals surface area contributed by atoms with Crippen molar-refractivity contribution >= 4 is 28.2 Å². The van der Waals surface area contributed by atoms with Gasteiger partial charge in [0.15, 0.2) is 5.82 Å². The zero-order chi connectivity index (χ0) is 24.1. The lowest BCUT2D eigenvalue weighted by molar-refractivity contribution is 0.0694. The maximum atomic E-state index is 15.2. The summed E-state index contributed by atoms with van der Waals surface area (Å²) in [7, 11) is 0. The largest absolute Gasteiger partial charge is 0.477 e. The van der Waals surface area contributed by atoms with Gasteiger partial charge in [-0.1, -0.05) is 30.3 Å². The first kappa shape index (κ1) is 22.4. The van der Waals surface area contributed by atoms with Gasteiger partial charge in [0.25, 0.3) is 0 Å². The lowest BCUT2D eigenvalue weighted by Crippen LogP contribution is -2.48. The Labute approximate surface area is 196 Å². The molecule has 2 aliphatic rings. The van der Waals surface area contributed by atoms with Gasteiger partial charge in [-0.05, 0) is 44.7 Å². The van der Waals surface area contributed by atoms with Crippen LogP contribution in [-0.2, 0) is 0 Å². The van der Waals surface area contributed by atoms with Crippen molar-refractivity contribution in [3.8, 4) is 0 Å². The number of aromatic carboxylic acids is 1. The van der Waals surface area contributed by atoms with Crippen LogP contribution in [-0.4, -0.2) is 33.8 Å². The van der Waals surface area contributed by atoms with Crippen LogP contribution in [0.3, 0.4) is 0 Å². The number of nitrogens with one attached hydrogen (secondary N) is 2. The standard InChI is InChI=1S/C26H29FN4O3/c1-13(2)31-12-18(26(33)34)25(32)22-21(31)11-20(23(27)24(22)28)30-16-8-15(9-16)29-19-10-17(19)14-6-4-3-5-7-14/h3-7,11-13,15-17,19,29-30H,8-10,28H2,1-2H3,(H,33,34)/t15-,16+,17-,19+/m0/s1. The molecule has 5 rings (SSSR count). The van der Waals surface area contributed by atoms with E-state index in [1.807, 2.05) is 19.9 Å². The van der Waals surface area contributed by atoms with Crippen LogP contribution in [0.5, 0.6) is 0 Å². The molecule has 2 atom stereocenters. The van der Waals surface area contributed by atoms with Crippen molar-refractivity contribution in [3.05, 3.63) is 69.8 Å². The molecule has 34 heavy (non-hydrogen) atoms. The fourth-order valence-electron chi connectivity index (χ4n) is 5.04. The highest BCUT2D eigenvalue weighted by atomic mass is 19.1. The van der Waals surface area contributed by atoms with Crippen molar-refractivity contribution < 1.29 is 14.3 Å². The third kappa shape index (κ3) is 3.92. The Balaban J connectivity index is 1.32. The van der Waals surface area contributed by atoms with Crippen LogP contribution >= 0.6 is 0 Å². The Morgan fingerprint density at radius 1 is 1.18 bits per heavy atom. The van der Waals surface area contributed by atoms with E-state index in [1.54, 1.807) is 10.6 Å². The van der Waals surface area contributed by atoms with E-state index in [0.717, 1.165) is 19.3 Å². The fourth-order valence-corrected chi connectivity index (χ4v) is 5.04. The Hall–Kier alpha value is -3.39. The van der Waals surface area contributed by atoms with Gasteiger partial charge in [-0.25, -0.2) is 9.18 Å². The van der Waals surface area contributed by atoms with Gasteiger partial charge in [-0.3, -0.25) is 4.79 Å². The first-order valence-electron chi connectivity index (χ1n) is 11.7. The normalized spacial score (nSPS) is 23.6. The number of benzene rings is 2. The predicted octanol–water partition coefficient (Wildman–Crippen LogP) is 4.09. The minimum atomic E-state index is -1.36. The monoisotopic (exact) mass is 464 g/mol. The molecule has 1 aromatic heterocycles. The molecule has 7 nitrogen and oxygen atoms in total. The summed E-state index contributed by atoms with van der Waals surface area (Å²) in [5.74, 6) is -1.51. The number of aromatic nitrogens is 1. The van der Waals surface area contributed by atoms with Crippen LogP contribution in [0.2, 0.25) is 0 Å². The zero-order valence-electron chi connectivity index (χ0n) is 19.2. The number of carboxylic acids is 1. The third-order valence-corrected chi connectivity index (χ3v) is 7.05. The van der Waals surface area contributed by atoms with Crippen LogP contribution in [0, 0.1) is 5.82 Å². The second-order valence-electron chi connectivity index (χ2n) is 9.76.